The third-order valence-electron chi connectivity index (χ3n) is 1.38. The SMILES string of the molecule is CC(C)ON=Cc1cccc(N)c1. The summed E-state index contributed by atoms with van der Waals surface area (Å²) in [5.41, 5.74) is 7.26. The molecule has 0 atom stereocenters. The van der Waals surface area contributed by atoms with Crippen LogP contribution in [0.15, 0.2) is 29.4 Å². The Hall–Kier alpha value is -1.51. The summed E-state index contributed by atoms with van der Waals surface area (Å²) in [6.07, 6.45) is 1.76. The van der Waals surface area contributed by atoms with Crippen molar-refractivity contribution in [2.75, 3.05) is 5.73 Å². The van der Waals surface area contributed by atoms with Crippen molar-refractivity contribution in [2.45, 2.75) is 20.0 Å². The number of rotatable bonds is 3. The molecule has 0 aromatic heterocycles. The summed E-state index contributed by atoms with van der Waals surface area (Å²) in [6.45, 7) is 3.85. The van der Waals surface area contributed by atoms with Crippen molar-refractivity contribution in [1.82, 2.24) is 0 Å². The molecule has 0 bridgehead atoms. The molecule has 3 heteroatoms. The molecule has 0 fully saturated rings. The molecule has 13 heavy (non-hydrogen) atoms. The Morgan fingerprint density at radius 1 is 1.46 bits per heavy atom. The standard InChI is InChI=1S/C10H14N2O/c1-8(2)13-12-7-9-4-3-5-10(11)6-9/h3-8H,11H2,1-2H3. The second-order valence-corrected chi connectivity index (χ2v) is 3.06. The number of nitrogens with two attached hydrogens (primary N) is 1. The van der Waals surface area contributed by atoms with E-state index in [4.69, 9.17) is 10.6 Å². The molecule has 1 aromatic rings. The predicted molar refractivity (Wildman–Crippen MR) is 54.7 cm³/mol. The Morgan fingerprint density at radius 2 is 2.23 bits per heavy atom. The molecule has 0 spiro atoms. The minimum Gasteiger partial charge on any atom is -0.399 e. The molecule has 0 aliphatic carbocycles. The molecule has 0 aliphatic rings. The summed E-state index contributed by atoms with van der Waals surface area (Å²) in [5.74, 6) is 0. The van der Waals surface area contributed by atoms with Gasteiger partial charge in [-0.05, 0) is 31.5 Å². The van der Waals surface area contributed by atoms with E-state index in [0.29, 0.717) is 0 Å². The number of nitrogen functional groups attached to an aromatic ring is 1. The number of benzene rings is 1. The number of hydrogen-bond acceptors (Lipinski definition) is 3. The second kappa shape index (κ2) is 4.50. The van der Waals surface area contributed by atoms with E-state index in [-0.39, 0.29) is 6.10 Å². The molecular formula is C10H14N2O. The first-order chi connectivity index (χ1) is 6.18. The van der Waals surface area contributed by atoms with Gasteiger partial charge in [-0.25, -0.2) is 0 Å². The molecule has 1 aromatic carbocycles. The number of oxime groups is 1. The van der Waals surface area contributed by atoms with E-state index >= 15 is 0 Å². The lowest BCUT2D eigenvalue weighted by Crippen LogP contribution is -1.96. The zero-order valence-electron chi connectivity index (χ0n) is 7.90. The van der Waals surface area contributed by atoms with Crippen LogP contribution in [0.25, 0.3) is 0 Å². The highest BCUT2D eigenvalue weighted by Crippen LogP contribution is 2.04. The zero-order valence-corrected chi connectivity index (χ0v) is 7.90. The smallest absolute Gasteiger partial charge is 0.122 e. The molecule has 1 rings (SSSR count). The van der Waals surface area contributed by atoms with Crippen molar-refractivity contribution < 1.29 is 4.84 Å². The highest BCUT2D eigenvalue weighted by Gasteiger charge is 1.90. The first kappa shape index (κ1) is 9.58. The van der Waals surface area contributed by atoms with Gasteiger partial charge >= 0.3 is 0 Å². The molecule has 2 N–H and O–H groups in total. The van der Waals surface area contributed by atoms with E-state index in [9.17, 15) is 0 Å². The Bertz CT molecular complexity index is 295. The molecule has 0 aliphatic heterocycles. The highest BCUT2D eigenvalue weighted by atomic mass is 16.6. The quantitative estimate of drug-likeness (QED) is 0.437. The predicted octanol–water partition coefficient (Wildman–Crippen LogP) is 2.03. The fourth-order valence-corrected chi connectivity index (χ4v) is 0.852. The van der Waals surface area contributed by atoms with Gasteiger partial charge in [-0.2, -0.15) is 0 Å². The van der Waals surface area contributed by atoms with Gasteiger partial charge < -0.3 is 10.6 Å². The van der Waals surface area contributed by atoms with Crippen molar-refractivity contribution in [3.05, 3.63) is 29.8 Å². The number of hydrogen-bond donors (Lipinski definition) is 1. The van der Waals surface area contributed by atoms with Gasteiger partial charge in [0.25, 0.3) is 0 Å². The van der Waals surface area contributed by atoms with Crippen LogP contribution in [0.3, 0.4) is 0 Å². The van der Waals surface area contributed by atoms with Crippen LogP contribution in [-0.4, -0.2) is 12.3 Å². The molecule has 0 amide bonds. The van der Waals surface area contributed by atoms with Crippen molar-refractivity contribution in [3.63, 3.8) is 0 Å². The van der Waals surface area contributed by atoms with E-state index < -0.39 is 0 Å². The maximum absolute atomic E-state index is 5.59. The van der Waals surface area contributed by atoms with Gasteiger partial charge in [0, 0.05) is 5.69 Å². The van der Waals surface area contributed by atoms with Gasteiger partial charge in [-0.3, -0.25) is 0 Å². The Labute approximate surface area is 78.2 Å². The average Bonchev–Trinajstić information content (AvgIpc) is 2.03. The van der Waals surface area contributed by atoms with E-state index in [1.54, 1.807) is 6.21 Å². The fraction of sp³-hybridized carbons (Fsp3) is 0.300. The van der Waals surface area contributed by atoms with Crippen LogP contribution in [0.5, 0.6) is 0 Å². The van der Waals surface area contributed by atoms with Crippen LogP contribution in [0.2, 0.25) is 0 Å². The average molecular weight is 178 g/mol. The third kappa shape index (κ3) is 3.60. The Kier molecular flexibility index (Phi) is 3.31. The van der Waals surface area contributed by atoms with Crippen LogP contribution >= 0.6 is 0 Å². The first-order valence-corrected chi connectivity index (χ1v) is 4.23. The molecule has 0 saturated heterocycles. The summed E-state index contributed by atoms with van der Waals surface area (Å²) in [6, 6.07) is 7.48. The van der Waals surface area contributed by atoms with E-state index in [0.717, 1.165) is 11.3 Å². The van der Waals surface area contributed by atoms with Gasteiger partial charge in [-0.15, -0.1) is 0 Å². The topological polar surface area (TPSA) is 47.6 Å². The fourth-order valence-electron chi connectivity index (χ4n) is 0.852. The number of nitrogens with zero attached hydrogens (tertiary/aromatic N) is 1. The van der Waals surface area contributed by atoms with E-state index in [1.165, 1.54) is 0 Å². The lowest BCUT2D eigenvalue weighted by atomic mass is 10.2. The van der Waals surface area contributed by atoms with Crippen LogP contribution in [0, 0.1) is 0 Å². The van der Waals surface area contributed by atoms with E-state index in [2.05, 4.69) is 5.16 Å². The van der Waals surface area contributed by atoms with Crippen molar-refractivity contribution in [3.8, 4) is 0 Å². The maximum atomic E-state index is 5.59. The highest BCUT2D eigenvalue weighted by molar-refractivity contribution is 5.80. The van der Waals surface area contributed by atoms with Gasteiger partial charge in [0.1, 0.15) is 6.10 Å². The first-order valence-electron chi connectivity index (χ1n) is 4.23. The largest absolute Gasteiger partial charge is 0.399 e. The van der Waals surface area contributed by atoms with Crippen molar-refractivity contribution >= 4 is 11.9 Å². The van der Waals surface area contributed by atoms with Crippen molar-refractivity contribution in [1.29, 1.82) is 0 Å². The zero-order chi connectivity index (χ0) is 9.68. The van der Waals surface area contributed by atoms with Crippen LogP contribution in [0.4, 0.5) is 5.69 Å². The normalized spacial score (nSPS) is 11.0. The molecule has 0 radical (unpaired) electrons. The summed E-state index contributed by atoms with van der Waals surface area (Å²) in [5, 5.41) is 3.80. The van der Waals surface area contributed by atoms with Gasteiger partial charge in [0.15, 0.2) is 0 Å². The third-order valence-corrected chi connectivity index (χ3v) is 1.38. The molecule has 0 saturated carbocycles. The lowest BCUT2D eigenvalue weighted by Gasteiger charge is -2.00. The minimum absolute atomic E-state index is 0.109. The molecule has 3 nitrogen and oxygen atoms in total. The number of anilines is 1. The van der Waals surface area contributed by atoms with E-state index in [1.807, 2.05) is 38.1 Å². The van der Waals surface area contributed by atoms with Crippen molar-refractivity contribution in [2.24, 2.45) is 5.16 Å². The Morgan fingerprint density at radius 3 is 2.85 bits per heavy atom. The lowest BCUT2D eigenvalue weighted by molar-refractivity contribution is 0.0874. The minimum atomic E-state index is 0.109. The Balaban J connectivity index is 2.58. The second-order valence-electron chi connectivity index (χ2n) is 3.06. The summed E-state index contributed by atoms with van der Waals surface area (Å²) in [7, 11) is 0. The monoisotopic (exact) mass is 178 g/mol. The maximum Gasteiger partial charge on any atom is 0.122 e. The summed E-state index contributed by atoms with van der Waals surface area (Å²) >= 11 is 0. The van der Waals surface area contributed by atoms with Crippen LogP contribution < -0.4 is 5.73 Å². The van der Waals surface area contributed by atoms with Gasteiger partial charge in [0.2, 0.25) is 0 Å². The van der Waals surface area contributed by atoms with Crippen LogP contribution in [0.1, 0.15) is 19.4 Å². The molecule has 0 heterocycles. The van der Waals surface area contributed by atoms with Gasteiger partial charge in [0.05, 0.1) is 6.21 Å². The summed E-state index contributed by atoms with van der Waals surface area (Å²) < 4.78 is 0. The van der Waals surface area contributed by atoms with Crippen LogP contribution in [-0.2, 0) is 4.84 Å². The molecule has 0 unspecified atom stereocenters. The summed E-state index contributed by atoms with van der Waals surface area (Å²) in [4.78, 5) is 5.01. The molecular weight excluding hydrogens is 164 g/mol. The molecule has 70 valence electrons. The van der Waals surface area contributed by atoms with Gasteiger partial charge in [-0.1, -0.05) is 17.3 Å².